The van der Waals surface area contributed by atoms with Crippen molar-refractivity contribution in [3.8, 4) is 11.8 Å². The summed E-state index contributed by atoms with van der Waals surface area (Å²) in [6.45, 7) is 3.88. The second-order valence-electron chi connectivity index (χ2n) is 7.36. The fraction of sp³-hybridized carbons (Fsp3) is 0.650. The first-order valence-corrected chi connectivity index (χ1v) is 9.92. The molecule has 0 aromatic heterocycles. The highest BCUT2D eigenvalue weighted by atomic mass is 35.5. The summed E-state index contributed by atoms with van der Waals surface area (Å²) in [4.78, 5) is 2.38. The predicted octanol–water partition coefficient (Wildman–Crippen LogP) is 3.04. The molecule has 148 valence electrons. The zero-order valence-electron chi connectivity index (χ0n) is 15.9. The summed E-state index contributed by atoms with van der Waals surface area (Å²) in [5, 5.41) is 9.77. The van der Waals surface area contributed by atoms with Crippen molar-refractivity contribution in [2.24, 2.45) is 5.73 Å². The summed E-state index contributed by atoms with van der Waals surface area (Å²) in [6, 6.07) is 7.77. The topological polar surface area (TPSA) is 80.7 Å². The SMILES string of the molecule is COc1ccc(Cl)cc1C1(CCCCN2CCC(N)(C#N)CC2)OCCO1. The molecule has 6 nitrogen and oxygen atoms in total. The minimum Gasteiger partial charge on any atom is -0.496 e. The first kappa shape index (κ1) is 20.4. The minimum atomic E-state index is -0.786. The standard InChI is InChI=1S/C20H28ClN3O3/c1-25-18-5-4-16(21)14-17(18)20(26-12-13-27-20)6-2-3-9-24-10-7-19(23,15-22)8-11-24/h4-5,14H,2-3,6-13,23H2,1H3. The molecule has 2 heterocycles. The lowest BCUT2D eigenvalue weighted by atomic mass is 9.90. The van der Waals surface area contributed by atoms with E-state index in [0.717, 1.165) is 63.1 Å². The van der Waals surface area contributed by atoms with Gasteiger partial charge in [0.2, 0.25) is 0 Å². The molecule has 7 heteroatoms. The number of piperidine rings is 1. The maximum atomic E-state index is 9.13. The summed E-state index contributed by atoms with van der Waals surface area (Å²) in [7, 11) is 1.64. The molecule has 0 aliphatic carbocycles. The van der Waals surface area contributed by atoms with Crippen LogP contribution in [0.15, 0.2) is 18.2 Å². The van der Waals surface area contributed by atoms with Crippen molar-refractivity contribution in [2.45, 2.75) is 43.4 Å². The fourth-order valence-corrected chi connectivity index (χ4v) is 4.02. The molecular formula is C20H28ClN3O3. The highest BCUT2D eigenvalue weighted by Crippen LogP contribution is 2.42. The van der Waals surface area contributed by atoms with Crippen molar-refractivity contribution < 1.29 is 14.2 Å². The summed E-state index contributed by atoms with van der Waals surface area (Å²) >= 11 is 6.21. The molecular weight excluding hydrogens is 366 g/mol. The normalized spacial score (nSPS) is 21.7. The van der Waals surface area contributed by atoms with Crippen molar-refractivity contribution in [1.82, 2.24) is 4.90 Å². The third-order valence-electron chi connectivity index (χ3n) is 5.53. The van der Waals surface area contributed by atoms with Crippen LogP contribution in [0.1, 0.15) is 37.7 Å². The van der Waals surface area contributed by atoms with Gasteiger partial charge in [0.25, 0.3) is 0 Å². The number of ether oxygens (including phenoxy) is 3. The molecule has 1 aromatic carbocycles. The Hall–Kier alpha value is -1.36. The van der Waals surface area contributed by atoms with Gasteiger partial charge in [-0.2, -0.15) is 5.26 Å². The molecule has 0 saturated carbocycles. The van der Waals surface area contributed by atoms with Crippen LogP contribution in [0.4, 0.5) is 0 Å². The van der Waals surface area contributed by atoms with E-state index in [-0.39, 0.29) is 0 Å². The summed E-state index contributed by atoms with van der Waals surface area (Å²) in [5.74, 6) is -0.0566. The maximum absolute atomic E-state index is 9.13. The van der Waals surface area contributed by atoms with Crippen LogP contribution >= 0.6 is 11.6 Å². The Balaban J connectivity index is 1.56. The average Bonchev–Trinajstić information content (AvgIpc) is 3.17. The molecule has 2 aliphatic rings. The number of benzene rings is 1. The van der Waals surface area contributed by atoms with Crippen LogP contribution in [0, 0.1) is 11.3 Å². The molecule has 27 heavy (non-hydrogen) atoms. The van der Waals surface area contributed by atoms with Crippen LogP contribution in [0.2, 0.25) is 5.02 Å². The maximum Gasteiger partial charge on any atom is 0.198 e. The zero-order valence-corrected chi connectivity index (χ0v) is 16.6. The summed E-state index contributed by atoms with van der Waals surface area (Å²) < 4.78 is 17.6. The van der Waals surface area contributed by atoms with Gasteiger partial charge in [0, 0.05) is 24.5 Å². The number of nitrogens with two attached hydrogens (primary N) is 1. The molecule has 0 atom stereocenters. The monoisotopic (exact) mass is 393 g/mol. The number of unbranched alkanes of at least 4 members (excludes halogenated alkanes) is 1. The Morgan fingerprint density at radius 2 is 1.96 bits per heavy atom. The van der Waals surface area contributed by atoms with Gasteiger partial charge in [-0.25, -0.2) is 0 Å². The van der Waals surface area contributed by atoms with E-state index in [2.05, 4.69) is 11.0 Å². The van der Waals surface area contributed by atoms with Crippen molar-refractivity contribution >= 4 is 11.6 Å². The molecule has 0 amide bonds. The number of methoxy groups -OCH3 is 1. The van der Waals surface area contributed by atoms with Crippen LogP contribution in [-0.2, 0) is 15.3 Å². The van der Waals surface area contributed by atoms with Gasteiger partial charge in [0.1, 0.15) is 11.3 Å². The van der Waals surface area contributed by atoms with Gasteiger partial charge in [-0.15, -0.1) is 0 Å². The van der Waals surface area contributed by atoms with Gasteiger partial charge < -0.3 is 24.8 Å². The van der Waals surface area contributed by atoms with Crippen molar-refractivity contribution in [3.05, 3.63) is 28.8 Å². The molecule has 2 saturated heterocycles. The smallest absolute Gasteiger partial charge is 0.198 e. The Morgan fingerprint density at radius 3 is 2.59 bits per heavy atom. The van der Waals surface area contributed by atoms with E-state index in [4.69, 9.17) is 36.8 Å². The van der Waals surface area contributed by atoms with E-state index in [1.54, 1.807) is 7.11 Å². The number of nitriles is 1. The lowest BCUT2D eigenvalue weighted by Crippen LogP contribution is -2.49. The highest BCUT2D eigenvalue weighted by molar-refractivity contribution is 6.30. The molecule has 2 fully saturated rings. The van der Waals surface area contributed by atoms with Gasteiger partial charge in [0.15, 0.2) is 5.79 Å². The quantitative estimate of drug-likeness (QED) is 0.717. The van der Waals surface area contributed by atoms with Crippen molar-refractivity contribution in [1.29, 1.82) is 5.26 Å². The number of likely N-dealkylation sites (tertiary alicyclic amines) is 1. The fourth-order valence-electron chi connectivity index (χ4n) is 3.85. The zero-order chi connectivity index (χ0) is 19.3. The van der Waals surface area contributed by atoms with E-state index in [1.165, 1.54) is 0 Å². The van der Waals surface area contributed by atoms with Crippen molar-refractivity contribution in [3.63, 3.8) is 0 Å². The largest absolute Gasteiger partial charge is 0.496 e. The number of hydrogen-bond acceptors (Lipinski definition) is 6. The second kappa shape index (κ2) is 8.76. The third-order valence-corrected chi connectivity index (χ3v) is 5.76. The number of rotatable bonds is 7. The molecule has 1 aromatic rings. The first-order valence-electron chi connectivity index (χ1n) is 9.55. The number of hydrogen-bond donors (Lipinski definition) is 1. The van der Waals surface area contributed by atoms with E-state index in [0.29, 0.717) is 18.2 Å². The van der Waals surface area contributed by atoms with Crippen molar-refractivity contribution in [2.75, 3.05) is 40.0 Å². The Bertz CT molecular complexity index is 678. The van der Waals surface area contributed by atoms with Gasteiger partial charge in [-0.05, 0) is 50.4 Å². The van der Waals surface area contributed by atoms with Gasteiger partial charge >= 0.3 is 0 Å². The van der Waals surface area contributed by atoms with E-state index >= 15 is 0 Å². The number of nitrogens with zero attached hydrogens (tertiary/aromatic N) is 2. The van der Waals surface area contributed by atoms with Gasteiger partial charge in [-0.1, -0.05) is 11.6 Å². The van der Waals surface area contributed by atoms with Gasteiger partial charge in [-0.3, -0.25) is 0 Å². The number of halogens is 1. The highest BCUT2D eigenvalue weighted by Gasteiger charge is 2.40. The van der Waals surface area contributed by atoms with Crippen LogP contribution in [0.25, 0.3) is 0 Å². The lowest BCUT2D eigenvalue weighted by Gasteiger charge is -2.35. The Kier molecular flexibility index (Phi) is 6.61. The molecule has 3 rings (SSSR count). The molecule has 2 aliphatic heterocycles. The Labute approximate surface area is 166 Å². The van der Waals surface area contributed by atoms with E-state index in [9.17, 15) is 0 Å². The first-order chi connectivity index (χ1) is 13.0. The third kappa shape index (κ3) is 4.74. The predicted molar refractivity (Wildman–Crippen MR) is 104 cm³/mol. The Morgan fingerprint density at radius 1 is 1.26 bits per heavy atom. The average molecular weight is 394 g/mol. The van der Waals surface area contributed by atoms with Gasteiger partial charge in [0.05, 0.1) is 32.0 Å². The van der Waals surface area contributed by atoms with Crippen LogP contribution in [-0.4, -0.2) is 50.4 Å². The van der Waals surface area contributed by atoms with Crippen LogP contribution < -0.4 is 10.5 Å². The van der Waals surface area contributed by atoms with Crippen LogP contribution in [0.5, 0.6) is 5.75 Å². The minimum absolute atomic E-state index is 0.564. The van der Waals surface area contributed by atoms with Crippen LogP contribution in [0.3, 0.4) is 0 Å². The van der Waals surface area contributed by atoms with E-state index < -0.39 is 11.3 Å². The molecule has 0 spiro atoms. The molecule has 0 bridgehead atoms. The molecule has 0 unspecified atom stereocenters. The lowest BCUT2D eigenvalue weighted by molar-refractivity contribution is -0.172. The van der Waals surface area contributed by atoms with E-state index in [1.807, 2.05) is 18.2 Å². The summed E-state index contributed by atoms with van der Waals surface area (Å²) in [5.41, 5.74) is 6.25. The molecule has 2 N–H and O–H groups in total. The molecule has 0 radical (unpaired) electrons. The summed E-state index contributed by atoms with van der Waals surface area (Å²) in [6.07, 6.45) is 4.20. The second-order valence-corrected chi connectivity index (χ2v) is 7.80.